The highest BCUT2D eigenvalue weighted by Gasteiger charge is 2.47. The van der Waals surface area contributed by atoms with E-state index >= 15 is 0 Å². The van der Waals surface area contributed by atoms with Crippen molar-refractivity contribution >= 4 is 48.6 Å². The van der Waals surface area contributed by atoms with Crippen molar-refractivity contribution < 1.29 is 52.9 Å². The maximum atomic E-state index is 12.8. The van der Waals surface area contributed by atoms with Crippen LogP contribution in [0.25, 0.3) is 0 Å². The Morgan fingerprint density at radius 1 is 1.00 bits per heavy atom. The van der Waals surface area contributed by atoms with Crippen molar-refractivity contribution in [3.05, 3.63) is 57.1 Å². The number of nitro benzene ring substituents is 1. The Balaban J connectivity index is 2.39. The number of carbonyl (C=O) groups excluding carboxylic acids is 1. The quantitative estimate of drug-likeness (QED) is 0.323. The van der Waals surface area contributed by atoms with Gasteiger partial charge >= 0.3 is 11.7 Å². The number of alkyl halides is 6. The molecule has 2 rings (SSSR count). The third kappa shape index (κ3) is 5.76. The van der Waals surface area contributed by atoms with E-state index in [0.29, 0.717) is 18.2 Å². The number of nitrogens with zero attached hydrogens (tertiary/aromatic N) is 1. The zero-order valence-corrected chi connectivity index (χ0v) is 18.3. The fourth-order valence-corrected chi connectivity index (χ4v) is 4.69. The summed E-state index contributed by atoms with van der Waals surface area (Å²) in [5.41, 5.74) is -9.45. The standard InChI is InChI=1S/C16H9ClF6N2O7S2/c17-10-3-2-9(34(31,32)16(21,22)23)6-11(10)24-14(26)7-33(29,30)13-4-1-8(15(18,19)20)5-12(13)25(27)28/h1-6H,7H2,(H,24,26). The third-order valence-corrected chi connectivity index (χ3v) is 7.44. The second-order valence-corrected chi connectivity index (χ2v) is 10.6. The molecule has 0 aliphatic heterocycles. The fraction of sp³-hybridized carbons (Fsp3) is 0.188. The van der Waals surface area contributed by atoms with Gasteiger partial charge in [0.2, 0.25) is 5.91 Å². The highest BCUT2D eigenvalue weighted by atomic mass is 35.5. The van der Waals surface area contributed by atoms with E-state index in [1.54, 1.807) is 5.32 Å². The zero-order chi connectivity index (χ0) is 26.3. The average molecular weight is 555 g/mol. The van der Waals surface area contributed by atoms with E-state index in [4.69, 9.17) is 11.6 Å². The molecule has 18 heteroatoms. The van der Waals surface area contributed by atoms with E-state index < -0.39 is 79.7 Å². The molecule has 0 atom stereocenters. The summed E-state index contributed by atoms with van der Waals surface area (Å²) >= 11 is 5.68. The van der Waals surface area contributed by atoms with Crippen molar-refractivity contribution in [1.82, 2.24) is 0 Å². The van der Waals surface area contributed by atoms with Gasteiger partial charge in [-0.3, -0.25) is 14.9 Å². The van der Waals surface area contributed by atoms with Gasteiger partial charge in [-0.25, -0.2) is 16.8 Å². The molecule has 0 saturated carbocycles. The summed E-state index contributed by atoms with van der Waals surface area (Å²) < 4.78 is 124. The minimum Gasteiger partial charge on any atom is -0.324 e. The summed E-state index contributed by atoms with van der Waals surface area (Å²) in [7, 11) is -10.8. The van der Waals surface area contributed by atoms with Gasteiger partial charge in [0, 0.05) is 6.07 Å². The SMILES string of the molecule is O=C(CS(=O)(=O)c1ccc(C(F)(F)F)cc1[N+](=O)[O-])Nc1cc(S(=O)(=O)C(F)(F)F)ccc1Cl. The monoisotopic (exact) mass is 554 g/mol. The first kappa shape index (κ1) is 27.3. The Bertz CT molecular complexity index is 1370. The third-order valence-electron chi connectivity index (χ3n) is 3.97. The molecule has 34 heavy (non-hydrogen) atoms. The second-order valence-electron chi connectivity index (χ2n) is 6.34. The van der Waals surface area contributed by atoms with Gasteiger partial charge < -0.3 is 5.32 Å². The smallest absolute Gasteiger partial charge is 0.324 e. The highest BCUT2D eigenvalue weighted by molar-refractivity contribution is 7.92. The van der Waals surface area contributed by atoms with Crippen LogP contribution in [-0.4, -0.2) is 38.9 Å². The van der Waals surface area contributed by atoms with Gasteiger partial charge in [-0.2, -0.15) is 26.3 Å². The highest BCUT2D eigenvalue weighted by Crippen LogP contribution is 2.36. The number of nitro groups is 1. The number of benzene rings is 2. The van der Waals surface area contributed by atoms with Crippen molar-refractivity contribution in [2.45, 2.75) is 21.5 Å². The number of hydrogen-bond acceptors (Lipinski definition) is 7. The lowest BCUT2D eigenvalue weighted by Crippen LogP contribution is -2.25. The van der Waals surface area contributed by atoms with Crippen LogP contribution in [0.2, 0.25) is 5.02 Å². The van der Waals surface area contributed by atoms with Crippen LogP contribution in [0.1, 0.15) is 5.56 Å². The molecular formula is C16H9ClF6N2O7S2. The number of nitrogens with one attached hydrogen (secondary N) is 1. The number of hydrogen-bond donors (Lipinski definition) is 1. The summed E-state index contributed by atoms with van der Waals surface area (Å²) in [5, 5.41) is 12.3. The lowest BCUT2D eigenvalue weighted by molar-refractivity contribution is -0.388. The molecule has 9 nitrogen and oxygen atoms in total. The van der Waals surface area contributed by atoms with Gasteiger partial charge in [-0.05, 0) is 30.3 Å². The summed E-state index contributed by atoms with van der Waals surface area (Å²) in [6.07, 6.45) is -5.04. The van der Waals surface area contributed by atoms with Crippen LogP contribution in [0.4, 0.5) is 37.7 Å². The summed E-state index contributed by atoms with van der Waals surface area (Å²) in [6.45, 7) is 0. The van der Waals surface area contributed by atoms with Gasteiger partial charge in [0.15, 0.2) is 9.84 Å². The van der Waals surface area contributed by atoms with Crippen molar-refractivity contribution in [2.24, 2.45) is 0 Å². The van der Waals surface area contributed by atoms with Crippen LogP contribution in [-0.2, 0) is 30.6 Å². The molecule has 0 spiro atoms. The molecule has 0 radical (unpaired) electrons. The summed E-state index contributed by atoms with van der Waals surface area (Å²) in [5.74, 6) is -3.14. The molecule has 0 aliphatic carbocycles. The second kappa shape index (κ2) is 9.03. The van der Waals surface area contributed by atoms with E-state index in [0.717, 1.165) is 0 Å². The van der Waals surface area contributed by atoms with Crippen LogP contribution in [0.5, 0.6) is 0 Å². The Morgan fingerprint density at radius 3 is 2.09 bits per heavy atom. The first-order chi connectivity index (χ1) is 15.3. The maximum Gasteiger partial charge on any atom is 0.501 e. The Hall–Kier alpha value is -2.92. The molecule has 0 aliphatic rings. The lowest BCUT2D eigenvalue weighted by Gasteiger charge is -2.12. The van der Waals surface area contributed by atoms with Gasteiger partial charge in [-0.15, -0.1) is 0 Å². The van der Waals surface area contributed by atoms with Crippen LogP contribution >= 0.6 is 11.6 Å². The largest absolute Gasteiger partial charge is 0.501 e. The first-order valence-electron chi connectivity index (χ1n) is 8.26. The van der Waals surface area contributed by atoms with Crippen molar-refractivity contribution in [2.75, 3.05) is 11.1 Å². The molecule has 0 heterocycles. The van der Waals surface area contributed by atoms with Gasteiger partial charge in [0.05, 0.1) is 26.1 Å². The van der Waals surface area contributed by atoms with Crippen molar-refractivity contribution in [1.29, 1.82) is 0 Å². The summed E-state index contributed by atoms with van der Waals surface area (Å²) in [6, 6.07) is 1.91. The lowest BCUT2D eigenvalue weighted by atomic mass is 10.2. The number of sulfone groups is 2. The topological polar surface area (TPSA) is 141 Å². The van der Waals surface area contributed by atoms with E-state index in [-0.39, 0.29) is 18.2 Å². The molecule has 0 unspecified atom stereocenters. The Labute approximate surface area is 191 Å². The molecule has 1 amide bonds. The normalized spacial score (nSPS) is 12.9. The molecule has 186 valence electrons. The average Bonchev–Trinajstić information content (AvgIpc) is 2.67. The van der Waals surface area contributed by atoms with E-state index in [9.17, 15) is 58.1 Å². The van der Waals surface area contributed by atoms with Crippen LogP contribution in [0.3, 0.4) is 0 Å². The maximum absolute atomic E-state index is 12.8. The minimum atomic E-state index is -5.86. The molecule has 0 saturated heterocycles. The predicted molar refractivity (Wildman–Crippen MR) is 103 cm³/mol. The minimum absolute atomic E-state index is 0.0485. The van der Waals surface area contributed by atoms with Crippen molar-refractivity contribution in [3.8, 4) is 0 Å². The number of amides is 1. The number of halogens is 7. The Kier molecular flexibility index (Phi) is 7.26. The predicted octanol–water partition coefficient (Wildman–Crippen LogP) is 3.97. The number of carbonyl (C=O) groups is 1. The van der Waals surface area contributed by atoms with Crippen LogP contribution in [0, 0.1) is 10.1 Å². The molecule has 0 fully saturated rings. The number of rotatable bonds is 6. The fourth-order valence-electron chi connectivity index (χ4n) is 2.44. The molecule has 2 aromatic rings. The van der Waals surface area contributed by atoms with Crippen LogP contribution in [0.15, 0.2) is 46.2 Å². The van der Waals surface area contributed by atoms with E-state index in [1.807, 2.05) is 0 Å². The number of anilines is 1. The molecule has 0 aromatic heterocycles. The van der Waals surface area contributed by atoms with Crippen LogP contribution < -0.4 is 5.32 Å². The first-order valence-corrected chi connectivity index (χ1v) is 11.8. The molecule has 1 N–H and O–H groups in total. The summed E-state index contributed by atoms with van der Waals surface area (Å²) in [4.78, 5) is 19.3. The van der Waals surface area contributed by atoms with Crippen molar-refractivity contribution in [3.63, 3.8) is 0 Å². The Morgan fingerprint density at radius 2 is 1.59 bits per heavy atom. The van der Waals surface area contributed by atoms with Gasteiger partial charge in [0.25, 0.3) is 15.5 Å². The molecular weight excluding hydrogens is 546 g/mol. The molecule has 0 bridgehead atoms. The van der Waals surface area contributed by atoms with E-state index in [1.165, 1.54) is 0 Å². The molecule has 2 aromatic carbocycles. The zero-order valence-electron chi connectivity index (χ0n) is 15.9. The van der Waals surface area contributed by atoms with E-state index in [2.05, 4.69) is 0 Å². The van der Waals surface area contributed by atoms with Gasteiger partial charge in [0.1, 0.15) is 10.6 Å². The van der Waals surface area contributed by atoms with Gasteiger partial charge in [-0.1, -0.05) is 11.6 Å².